The zero-order valence-electron chi connectivity index (χ0n) is 11.0. The number of nitrogens with zero attached hydrogens (tertiary/aromatic N) is 4. The minimum absolute atomic E-state index is 0.112. The number of nitrogens with two attached hydrogens (primary N) is 1. The van der Waals surface area contributed by atoms with Crippen molar-refractivity contribution in [2.75, 3.05) is 12.3 Å². The van der Waals surface area contributed by atoms with Gasteiger partial charge in [-0.3, -0.25) is 9.89 Å². The molecule has 9 heteroatoms. The summed E-state index contributed by atoms with van der Waals surface area (Å²) in [7, 11) is 0. The van der Waals surface area contributed by atoms with Crippen molar-refractivity contribution in [3.63, 3.8) is 0 Å². The molecule has 0 aliphatic rings. The summed E-state index contributed by atoms with van der Waals surface area (Å²) < 4.78 is 2.45. The lowest BCUT2D eigenvalue weighted by Gasteiger charge is -2.06. The van der Waals surface area contributed by atoms with E-state index >= 15 is 0 Å². The molecule has 0 saturated carbocycles. The topological polar surface area (TPSA) is 115 Å². The van der Waals surface area contributed by atoms with Gasteiger partial charge >= 0.3 is 0 Å². The number of carbonyl (C=O) groups excluding carboxylic acids is 1. The first kappa shape index (κ1) is 14.1. The van der Waals surface area contributed by atoms with Crippen molar-refractivity contribution in [1.82, 2.24) is 30.0 Å². The quantitative estimate of drug-likeness (QED) is 0.683. The average Bonchev–Trinajstić information content (AvgIpc) is 2.79. The fourth-order valence-electron chi connectivity index (χ4n) is 1.76. The molecule has 0 bridgehead atoms. The summed E-state index contributed by atoms with van der Waals surface area (Å²) in [5.41, 5.74) is 5.71. The first-order chi connectivity index (χ1) is 9.63. The lowest BCUT2D eigenvalue weighted by molar-refractivity contribution is 0.0949. The highest BCUT2D eigenvalue weighted by Gasteiger charge is 2.12. The number of H-pyrrole nitrogens is 1. The molecule has 4 N–H and O–H groups in total. The van der Waals surface area contributed by atoms with Crippen molar-refractivity contribution in [2.45, 2.75) is 19.9 Å². The minimum atomic E-state index is -0.354. The third-order valence-corrected chi connectivity index (χ3v) is 3.04. The second-order valence-corrected chi connectivity index (χ2v) is 4.37. The van der Waals surface area contributed by atoms with Crippen molar-refractivity contribution in [2.24, 2.45) is 0 Å². The Kier molecular flexibility index (Phi) is 4.41. The van der Waals surface area contributed by atoms with Gasteiger partial charge < -0.3 is 15.6 Å². The largest absolute Gasteiger partial charge is 0.382 e. The number of rotatable bonds is 5. The van der Waals surface area contributed by atoms with Crippen LogP contribution in [0.1, 0.15) is 23.2 Å². The number of amides is 1. The molecular weight excluding hydrogens is 278 g/mol. The van der Waals surface area contributed by atoms with Gasteiger partial charge in [-0.2, -0.15) is 5.10 Å². The van der Waals surface area contributed by atoms with Crippen LogP contribution in [0, 0.1) is 4.77 Å². The molecule has 2 aromatic heterocycles. The van der Waals surface area contributed by atoms with Crippen LogP contribution in [0.5, 0.6) is 0 Å². The first-order valence-electron chi connectivity index (χ1n) is 6.12. The number of anilines is 1. The Morgan fingerprint density at radius 1 is 1.50 bits per heavy atom. The van der Waals surface area contributed by atoms with E-state index in [1.54, 1.807) is 0 Å². The van der Waals surface area contributed by atoms with Gasteiger partial charge in [0.2, 0.25) is 0 Å². The van der Waals surface area contributed by atoms with E-state index < -0.39 is 0 Å². The molecule has 8 nitrogen and oxygen atoms in total. The Hall–Kier alpha value is -2.29. The summed E-state index contributed by atoms with van der Waals surface area (Å²) in [4.78, 5) is 19.6. The fourth-order valence-corrected chi connectivity index (χ4v) is 2.04. The first-order valence-corrected chi connectivity index (χ1v) is 6.53. The number of carbonyl (C=O) groups is 1. The maximum absolute atomic E-state index is 11.9. The van der Waals surface area contributed by atoms with E-state index in [0.717, 1.165) is 12.4 Å². The van der Waals surface area contributed by atoms with Crippen LogP contribution in [0.15, 0.2) is 12.4 Å². The third kappa shape index (κ3) is 2.99. The molecule has 0 unspecified atom stereocenters. The smallest absolute Gasteiger partial charge is 0.273 e. The number of hydrogen-bond donors (Lipinski definition) is 3. The van der Waals surface area contributed by atoms with Crippen LogP contribution in [0.3, 0.4) is 0 Å². The molecule has 0 aromatic carbocycles. The molecule has 0 aliphatic carbocycles. The molecule has 20 heavy (non-hydrogen) atoms. The monoisotopic (exact) mass is 293 g/mol. The van der Waals surface area contributed by atoms with Crippen molar-refractivity contribution >= 4 is 23.9 Å². The maximum atomic E-state index is 11.9. The number of aromatic nitrogens is 5. The van der Waals surface area contributed by atoms with Crippen molar-refractivity contribution in [3.8, 4) is 0 Å². The van der Waals surface area contributed by atoms with Gasteiger partial charge in [0, 0.05) is 31.9 Å². The Morgan fingerprint density at radius 2 is 2.25 bits per heavy atom. The molecule has 2 rings (SSSR count). The summed E-state index contributed by atoms with van der Waals surface area (Å²) in [5, 5.41) is 9.57. The molecule has 1 amide bonds. The lowest BCUT2D eigenvalue weighted by atomic mass is 10.3. The average molecular weight is 293 g/mol. The van der Waals surface area contributed by atoms with E-state index in [4.69, 9.17) is 18.0 Å². The zero-order valence-corrected chi connectivity index (χ0v) is 11.8. The van der Waals surface area contributed by atoms with Gasteiger partial charge in [-0.25, -0.2) is 9.97 Å². The number of aromatic amines is 1. The van der Waals surface area contributed by atoms with Crippen LogP contribution >= 0.6 is 12.2 Å². The van der Waals surface area contributed by atoms with E-state index in [1.165, 1.54) is 12.4 Å². The highest BCUT2D eigenvalue weighted by atomic mass is 32.1. The van der Waals surface area contributed by atoms with Crippen LogP contribution in [0.25, 0.3) is 0 Å². The maximum Gasteiger partial charge on any atom is 0.273 e. The minimum Gasteiger partial charge on any atom is -0.382 e. The molecule has 2 heterocycles. The third-order valence-electron chi connectivity index (χ3n) is 2.73. The van der Waals surface area contributed by atoms with E-state index in [9.17, 15) is 4.79 Å². The normalized spacial score (nSPS) is 10.4. The predicted octanol–water partition coefficient (Wildman–Crippen LogP) is 0.305. The SMILES string of the molecule is CCn1c(CCNC(=O)c2nccnc2N)n[nH]c1=S. The molecule has 2 aromatic rings. The van der Waals surface area contributed by atoms with Crippen LogP contribution < -0.4 is 11.1 Å². The van der Waals surface area contributed by atoms with Gasteiger partial charge in [0.15, 0.2) is 16.3 Å². The highest BCUT2D eigenvalue weighted by Crippen LogP contribution is 2.03. The van der Waals surface area contributed by atoms with Gasteiger partial charge in [-0.1, -0.05) is 0 Å². The molecule has 0 atom stereocenters. The molecular formula is C11H15N7OS. The van der Waals surface area contributed by atoms with Gasteiger partial charge in [-0.15, -0.1) is 0 Å². The summed E-state index contributed by atoms with van der Waals surface area (Å²) in [6.07, 6.45) is 3.42. The van der Waals surface area contributed by atoms with E-state index in [1.807, 2.05) is 11.5 Å². The second kappa shape index (κ2) is 6.24. The summed E-state index contributed by atoms with van der Waals surface area (Å²) >= 11 is 5.09. The molecule has 106 valence electrons. The van der Waals surface area contributed by atoms with Crippen molar-refractivity contribution in [1.29, 1.82) is 0 Å². The van der Waals surface area contributed by atoms with Gasteiger partial charge in [0.25, 0.3) is 5.91 Å². The summed E-state index contributed by atoms with van der Waals surface area (Å²) in [6.45, 7) is 3.12. The number of nitrogen functional groups attached to an aromatic ring is 1. The molecule has 0 saturated heterocycles. The Morgan fingerprint density at radius 3 is 2.95 bits per heavy atom. The Balaban J connectivity index is 1.95. The number of nitrogens with one attached hydrogen (secondary N) is 2. The second-order valence-electron chi connectivity index (χ2n) is 3.99. The van der Waals surface area contributed by atoms with Crippen LogP contribution in [-0.4, -0.2) is 37.2 Å². The highest BCUT2D eigenvalue weighted by molar-refractivity contribution is 7.71. The van der Waals surface area contributed by atoms with Crippen molar-refractivity contribution in [3.05, 3.63) is 28.7 Å². The van der Waals surface area contributed by atoms with Crippen LogP contribution in [-0.2, 0) is 13.0 Å². The lowest BCUT2D eigenvalue weighted by Crippen LogP contribution is -2.28. The standard InChI is InChI=1S/C11H15N7OS/c1-2-18-7(16-17-11(18)20)3-4-15-10(19)8-9(12)14-6-5-13-8/h5-6H,2-4H2,1H3,(H2,12,14)(H,15,19)(H,17,20). The van der Waals surface area contributed by atoms with E-state index in [0.29, 0.717) is 17.7 Å². The summed E-state index contributed by atoms with van der Waals surface area (Å²) in [6, 6.07) is 0. The Labute approximate surface area is 120 Å². The molecule has 0 radical (unpaired) electrons. The summed E-state index contributed by atoms with van der Waals surface area (Å²) in [5.74, 6) is 0.555. The van der Waals surface area contributed by atoms with Crippen LogP contribution in [0.2, 0.25) is 0 Å². The van der Waals surface area contributed by atoms with Crippen molar-refractivity contribution < 1.29 is 4.79 Å². The Bertz CT molecular complexity index is 663. The van der Waals surface area contributed by atoms with Gasteiger partial charge in [0.1, 0.15) is 5.82 Å². The van der Waals surface area contributed by atoms with Gasteiger partial charge in [0.05, 0.1) is 0 Å². The van der Waals surface area contributed by atoms with Crippen LogP contribution in [0.4, 0.5) is 5.82 Å². The zero-order chi connectivity index (χ0) is 14.5. The number of hydrogen-bond acceptors (Lipinski definition) is 6. The predicted molar refractivity (Wildman–Crippen MR) is 75.6 cm³/mol. The fraction of sp³-hybridized carbons (Fsp3) is 0.364. The van der Waals surface area contributed by atoms with E-state index in [2.05, 4.69) is 25.5 Å². The van der Waals surface area contributed by atoms with E-state index in [-0.39, 0.29) is 17.4 Å². The molecule has 0 fully saturated rings. The molecule has 0 spiro atoms. The molecule has 0 aliphatic heterocycles. The van der Waals surface area contributed by atoms with Gasteiger partial charge in [-0.05, 0) is 19.1 Å².